The number of nitrogens with one attached hydrogen (secondary N) is 1. The molecule has 0 aliphatic carbocycles. The molecule has 1 aromatic rings. The molecule has 0 aliphatic heterocycles. The Labute approximate surface area is 137 Å². The van der Waals surface area contributed by atoms with Gasteiger partial charge in [-0.2, -0.15) is 0 Å². The van der Waals surface area contributed by atoms with E-state index in [1.165, 1.54) is 24.8 Å². The van der Waals surface area contributed by atoms with Crippen molar-refractivity contribution in [2.45, 2.75) is 51.7 Å². The molecule has 0 aliphatic rings. The van der Waals surface area contributed by atoms with Crippen molar-refractivity contribution in [2.24, 2.45) is 0 Å². The molecule has 0 bridgehead atoms. The number of ether oxygens (including phenoxy) is 1. The van der Waals surface area contributed by atoms with Gasteiger partial charge in [0.1, 0.15) is 0 Å². The average Bonchev–Trinajstić information content (AvgIpc) is 2.49. The second kappa shape index (κ2) is 11.2. The van der Waals surface area contributed by atoms with Gasteiger partial charge in [-0.05, 0) is 25.0 Å². The number of aliphatic hydroxyl groups excluding tert-OH is 1. The lowest BCUT2D eigenvalue weighted by Gasteiger charge is -2.18. The molecule has 0 heterocycles. The zero-order valence-corrected chi connectivity index (χ0v) is 14.7. The van der Waals surface area contributed by atoms with E-state index in [9.17, 15) is 5.11 Å². The minimum Gasteiger partial charge on any atom is -0.389 e. The van der Waals surface area contributed by atoms with E-state index >= 15 is 0 Å². The predicted octanol–water partition coefficient (Wildman–Crippen LogP) is 4.06. The number of rotatable bonds is 11. The minimum atomic E-state index is -0.457. The van der Waals surface area contributed by atoms with Crippen molar-refractivity contribution in [3.05, 3.63) is 34.3 Å². The van der Waals surface area contributed by atoms with Gasteiger partial charge in [0.15, 0.2) is 0 Å². The lowest BCUT2D eigenvalue weighted by Crippen LogP contribution is -2.32. The van der Waals surface area contributed by atoms with Gasteiger partial charge in [0.05, 0.1) is 12.7 Å². The van der Waals surface area contributed by atoms with E-state index in [0.29, 0.717) is 13.2 Å². The SMILES string of the molecule is CCCCCCOCC(O)CN[C@H](C)c1ccccc1Br. The smallest absolute Gasteiger partial charge is 0.0897 e. The number of benzene rings is 1. The summed E-state index contributed by atoms with van der Waals surface area (Å²) in [7, 11) is 0. The molecule has 2 atom stereocenters. The van der Waals surface area contributed by atoms with Crippen LogP contribution in [0.2, 0.25) is 0 Å². The third kappa shape index (κ3) is 7.96. The molecule has 2 N–H and O–H groups in total. The van der Waals surface area contributed by atoms with Crippen molar-refractivity contribution in [1.29, 1.82) is 0 Å². The molecule has 0 amide bonds. The molecule has 0 aromatic heterocycles. The fourth-order valence-corrected chi connectivity index (χ4v) is 2.79. The minimum absolute atomic E-state index is 0.194. The van der Waals surface area contributed by atoms with Crippen LogP contribution in [0.4, 0.5) is 0 Å². The molecule has 0 radical (unpaired) electrons. The largest absolute Gasteiger partial charge is 0.389 e. The monoisotopic (exact) mass is 357 g/mol. The van der Waals surface area contributed by atoms with Crippen LogP contribution >= 0.6 is 15.9 Å². The van der Waals surface area contributed by atoms with E-state index in [1.54, 1.807) is 0 Å². The maximum atomic E-state index is 9.92. The van der Waals surface area contributed by atoms with Gasteiger partial charge in [-0.15, -0.1) is 0 Å². The molecule has 0 saturated heterocycles. The van der Waals surface area contributed by atoms with E-state index in [-0.39, 0.29) is 6.04 Å². The van der Waals surface area contributed by atoms with Crippen LogP contribution in [0.1, 0.15) is 51.1 Å². The van der Waals surface area contributed by atoms with Crippen LogP contribution in [0.3, 0.4) is 0 Å². The fraction of sp³-hybridized carbons (Fsp3) is 0.647. The van der Waals surface area contributed by atoms with Crippen LogP contribution < -0.4 is 5.32 Å². The Morgan fingerprint density at radius 1 is 1.24 bits per heavy atom. The van der Waals surface area contributed by atoms with Gasteiger partial charge in [0.25, 0.3) is 0 Å². The average molecular weight is 358 g/mol. The number of hydrogen-bond donors (Lipinski definition) is 2. The third-order valence-corrected chi connectivity index (χ3v) is 4.21. The molecule has 120 valence electrons. The predicted molar refractivity (Wildman–Crippen MR) is 91.5 cm³/mol. The van der Waals surface area contributed by atoms with Gasteiger partial charge in [-0.3, -0.25) is 0 Å². The molecule has 0 fully saturated rings. The van der Waals surface area contributed by atoms with E-state index in [2.05, 4.69) is 41.2 Å². The Kier molecular flexibility index (Phi) is 9.92. The topological polar surface area (TPSA) is 41.5 Å². The molecule has 3 nitrogen and oxygen atoms in total. The Morgan fingerprint density at radius 3 is 2.71 bits per heavy atom. The highest BCUT2D eigenvalue weighted by Gasteiger charge is 2.10. The summed E-state index contributed by atoms with van der Waals surface area (Å²) < 4.78 is 6.59. The van der Waals surface area contributed by atoms with Gasteiger partial charge < -0.3 is 15.2 Å². The first-order chi connectivity index (χ1) is 10.1. The van der Waals surface area contributed by atoms with Gasteiger partial charge in [-0.1, -0.05) is 60.3 Å². The molecule has 1 unspecified atom stereocenters. The van der Waals surface area contributed by atoms with Crippen molar-refractivity contribution in [1.82, 2.24) is 5.32 Å². The highest BCUT2D eigenvalue weighted by molar-refractivity contribution is 9.10. The summed E-state index contributed by atoms with van der Waals surface area (Å²) in [6.45, 7) is 5.98. The van der Waals surface area contributed by atoms with E-state index in [4.69, 9.17) is 4.74 Å². The van der Waals surface area contributed by atoms with Crippen LogP contribution in [0, 0.1) is 0 Å². The third-order valence-electron chi connectivity index (χ3n) is 3.48. The van der Waals surface area contributed by atoms with E-state index in [0.717, 1.165) is 17.5 Å². The fourth-order valence-electron chi connectivity index (χ4n) is 2.16. The van der Waals surface area contributed by atoms with Gasteiger partial charge in [-0.25, -0.2) is 0 Å². The Hall–Kier alpha value is -0.420. The van der Waals surface area contributed by atoms with Crippen molar-refractivity contribution >= 4 is 15.9 Å². The van der Waals surface area contributed by atoms with Crippen molar-refractivity contribution in [2.75, 3.05) is 19.8 Å². The Morgan fingerprint density at radius 2 is 2.00 bits per heavy atom. The summed E-state index contributed by atoms with van der Waals surface area (Å²) in [6, 6.07) is 8.33. The highest BCUT2D eigenvalue weighted by atomic mass is 79.9. The maximum absolute atomic E-state index is 9.92. The summed E-state index contributed by atoms with van der Waals surface area (Å²) in [6.07, 6.45) is 4.34. The number of unbranched alkanes of at least 4 members (excludes halogenated alkanes) is 3. The van der Waals surface area contributed by atoms with E-state index < -0.39 is 6.10 Å². The van der Waals surface area contributed by atoms with Crippen LogP contribution in [0.15, 0.2) is 28.7 Å². The molecule has 4 heteroatoms. The molecular formula is C17H28BrNO2. The normalized spacial score (nSPS) is 14.1. The molecule has 21 heavy (non-hydrogen) atoms. The standard InChI is InChI=1S/C17H28BrNO2/c1-3-4-5-8-11-21-13-15(20)12-19-14(2)16-9-6-7-10-17(16)18/h6-7,9-10,14-15,19-20H,3-5,8,11-13H2,1-2H3/t14-,15?/m1/s1. The van der Waals surface area contributed by atoms with Crippen LogP contribution in [0.5, 0.6) is 0 Å². The Bertz CT molecular complexity index is 387. The van der Waals surface area contributed by atoms with Crippen LogP contribution in [-0.4, -0.2) is 31.0 Å². The first-order valence-corrected chi connectivity index (χ1v) is 8.68. The maximum Gasteiger partial charge on any atom is 0.0897 e. The second-order valence-electron chi connectivity index (χ2n) is 5.44. The summed E-state index contributed by atoms with van der Waals surface area (Å²) in [4.78, 5) is 0. The Balaban J connectivity index is 2.15. The number of halogens is 1. The van der Waals surface area contributed by atoms with Crippen LogP contribution in [-0.2, 0) is 4.74 Å². The molecular weight excluding hydrogens is 330 g/mol. The zero-order valence-electron chi connectivity index (χ0n) is 13.1. The lowest BCUT2D eigenvalue weighted by atomic mass is 10.1. The zero-order chi connectivity index (χ0) is 15.5. The number of aliphatic hydroxyl groups is 1. The quantitative estimate of drug-likeness (QED) is 0.586. The van der Waals surface area contributed by atoms with Crippen molar-refractivity contribution < 1.29 is 9.84 Å². The van der Waals surface area contributed by atoms with Crippen molar-refractivity contribution in [3.63, 3.8) is 0 Å². The lowest BCUT2D eigenvalue weighted by molar-refractivity contribution is 0.0343. The molecule has 1 rings (SSSR count). The van der Waals surface area contributed by atoms with Crippen molar-refractivity contribution in [3.8, 4) is 0 Å². The van der Waals surface area contributed by atoms with Gasteiger partial charge in [0.2, 0.25) is 0 Å². The summed E-state index contributed by atoms with van der Waals surface area (Å²) in [5.74, 6) is 0. The first-order valence-electron chi connectivity index (χ1n) is 7.88. The summed E-state index contributed by atoms with van der Waals surface area (Å²) >= 11 is 3.55. The molecule has 0 saturated carbocycles. The number of hydrogen-bond acceptors (Lipinski definition) is 3. The molecule has 0 spiro atoms. The first kappa shape index (κ1) is 18.6. The highest BCUT2D eigenvalue weighted by Crippen LogP contribution is 2.22. The van der Waals surface area contributed by atoms with Crippen LogP contribution in [0.25, 0.3) is 0 Å². The van der Waals surface area contributed by atoms with Gasteiger partial charge >= 0.3 is 0 Å². The van der Waals surface area contributed by atoms with Gasteiger partial charge in [0, 0.05) is 23.7 Å². The summed E-state index contributed by atoms with van der Waals surface area (Å²) in [5, 5.41) is 13.3. The van der Waals surface area contributed by atoms with E-state index in [1.807, 2.05) is 18.2 Å². The second-order valence-corrected chi connectivity index (χ2v) is 6.30. The summed E-state index contributed by atoms with van der Waals surface area (Å²) in [5.41, 5.74) is 1.20. The molecule has 1 aromatic carbocycles.